The Bertz CT molecular complexity index is 3270. The molecular weight excluding hydrogens is 599 g/mol. The van der Waals surface area contributed by atoms with Crippen LogP contribution in [0.15, 0.2) is 180 Å². The zero-order chi connectivity index (χ0) is 43.9. The van der Waals surface area contributed by atoms with Crippen LogP contribution in [-0.4, -0.2) is 15.0 Å². The van der Waals surface area contributed by atoms with Gasteiger partial charge < -0.3 is 4.42 Å². The van der Waals surface area contributed by atoms with Gasteiger partial charge in [-0.2, -0.15) is 0 Å². The summed E-state index contributed by atoms with van der Waals surface area (Å²) in [6, 6.07) is 21.9. The van der Waals surface area contributed by atoms with Crippen molar-refractivity contribution in [2.75, 3.05) is 0 Å². The molecule has 0 bridgehead atoms. The third-order valence-electron chi connectivity index (χ3n) is 8.00. The van der Waals surface area contributed by atoms with Crippen molar-refractivity contribution in [2.45, 2.75) is 0 Å². The van der Waals surface area contributed by atoms with Crippen LogP contribution in [0, 0.1) is 0 Å². The average Bonchev–Trinajstić information content (AvgIpc) is 3.67. The Labute approximate surface area is 302 Å². The smallest absolute Gasteiger partial charge is 0.164 e. The van der Waals surface area contributed by atoms with E-state index >= 15 is 0 Å². The fraction of sp³-hybridized carbons (Fsp3) is 0. The third kappa shape index (κ3) is 5.45. The van der Waals surface area contributed by atoms with Gasteiger partial charge in [-0.1, -0.05) is 157 Å². The van der Waals surface area contributed by atoms with Gasteiger partial charge in [-0.25, -0.2) is 15.0 Å². The maximum Gasteiger partial charge on any atom is 0.164 e. The van der Waals surface area contributed by atoms with Crippen LogP contribution in [0.1, 0.15) is 17.8 Å². The summed E-state index contributed by atoms with van der Waals surface area (Å²) >= 11 is 0. The van der Waals surface area contributed by atoms with Crippen molar-refractivity contribution >= 4 is 21.9 Å². The molecule has 0 spiro atoms. The molecule has 0 atom stereocenters. The zero-order valence-electron chi connectivity index (χ0n) is 38.5. The lowest BCUT2D eigenvalue weighted by atomic mass is 9.99. The Balaban J connectivity index is 1.22. The van der Waals surface area contributed by atoms with E-state index in [1.807, 2.05) is 60.7 Å². The fourth-order valence-electron chi connectivity index (χ4n) is 5.60. The van der Waals surface area contributed by atoms with Gasteiger partial charge >= 0.3 is 0 Å². The number of hydrogen-bond acceptors (Lipinski definition) is 4. The lowest BCUT2D eigenvalue weighted by Gasteiger charge is -2.10. The lowest BCUT2D eigenvalue weighted by molar-refractivity contribution is 0.669. The van der Waals surface area contributed by atoms with Gasteiger partial charge in [-0.05, 0) is 51.5 Å². The van der Waals surface area contributed by atoms with Gasteiger partial charge in [0.2, 0.25) is 0 Å². The van der Waals surface area contributed by atoms with Crippen molar-refractivity contribution in [3.63, 3.8) is 0 Å². The van der Waals surface area contributed by atoms with Crippen molar-refractivity contribution in [1.29, 1.82) is 0 Å². The highest BCUT2D eigenvalue weighted by atomic mass is 16.3. The molecule has 0 radical (unpaired) electrons. The molecule has 0 aliphatic carbocycles. The van der Waals surface area contributed by atoms with Crippen LogP contribution in [0.5, 0.6) is 0 Å². The average molecular weight is 641 g/mol. The predicted molar refractivity (Wildman–Crippen MR) is 200 cm³/mol. The number of rotatable bonds is 6. The number of aromatic nitrogens is 3. The first kappa shape index (κ1) is 18.0. The molecule has 0 amide bonds. The summed E-state index contributed by atoms with van der Waals surface area (Å²) in [6.07, 6.45) is 0. The van der Waals surface area contributed by atoms with Crippen LogP contribution in [0.25, 0.3) is 89.5 Å². The second kappa shape index (κ2) is 12.2. The summed E-state index contributed by atoms with van der Waals surface area (Å²) in [7, 11) is 0. The van der Waals surface area contributed by atoms with Crippen molar-refractivity contribution < 1.29 is 22.2 Å². The minimum atomic E-state index is -0.661. The summed E-state index contributed by atoms with van der Waals surface area (Å²) in [5, 5.41) is 0.729. The van der Waals surface area contributed by atoms with E-state index in [-0.39, 0.29) is 69.5 Å². The van der Waals surface area contributed by atoms with E-state index in [0.717, 1.165) is 0 Å². The van der Waals surface area contributed by atoms with Gasteiger partial charge in [-0.15, -0.1) is 0 Å². The first-order valence-electron chi connectivity index (χ1n) is 21.8. The Morgan fingerprint density at radius 3 is 1.61 bits per heavy atom. The highest BCUT2D eigenvalue weighted by Crippen LogP contribution is 2.38. The first-order chi connectivity index (χ1) is 29.7. The summed E-state index contributed by atoms with van der Waals surface area (Å²) in [5.74, 6) is 0.500. The van der Waals surface area contributed by atoms with Gasteiger partial charge in [0.1, 0.15) is 11.2 Å². The van der Waals surface area contributed by atoms with E-state index in [2.05, 4.69) is 0 Å². The van der Waals surface area contributed by atoms with Crippen molar-refractivity contribution in [3.05, 3.63) is 176 Å². The van der Waals surface area contributed by atoms with Gasteiger partial charge in [0, 0.05) is 27.5 Å². The topological polar surface area (TPSA) is 51.8 Å². The van der Waals surface area contributed by atoms with Crippen LogP contribution >= 0.6 is 0 Å². The van der Waals surface area contributed by atoms with E-state index < -0.39 is 65.5 Å². The highest BCUT2D eigenvalue weighted by molar-refractivity contribution is 6.12. The molecule has 0 fully saturated rings. The molecule has 0 N–H and O–H groups in total. The molecular formula is C45H29N3O. The normalized spacial score (nSPS) is 15.0. The lowest BCUT2D eigenvalue weighted by Crippen LogP contribution is -2.00. The first-order valence-corrected chi connectivity index (χ1v) is 15.3. The molecule has 0 aliphatic rings. The minimum Gasteiger partial charge on any atom is -0.456 e. The van der Waals surface area contributed by atoms with Crippen LogP contribution in [-0.2, 0) is 0 Å². The van der Waals surface area contributed by atoms with Gasteiger partial charge in [-0.3, -0.25) is 0 Å². The van der Waals surface area contributed by atoms with Crippen LogP contribution in [0.4, 0.5) is 0 Å². The monoisotopic (exact) mass is 640 g/mol. The standard InChI is InChI=1S/C45H29N3O/c1-4-11-30(12-5-1)32-19-21-33(22-20-32)34-23-25-36(26-24-34)44-46-43(35-15-8-3-9-16-35)47-45(48-44)38-17-10-18-41-42(38)39-29-37(27-28-40(39)49-41)31-13-6-2-7-14-31/h1-29H/i1D,4D,5D,11D,12D,17D,18D,19D,20D,21D,22D,27D,28D. The van der Waals surface area contributed by atoms with E-state index in [1.54, 1.807) is 30.3 Å². The second-order valence-electron chi connectivity index (χ2n) is 11.0. The molecule has 4 nitrogen and oxygen atoms in total. The van der Waals surface area contributed by atoms with Gasteiger partial charge in [0.25, 0.3) is 0 Å². The Morgan fingerprint density at radius 1 is 0.388 bits per heavy atom. The molecule has 0 aliphatic heterocycles. The second-order valence-corrected chi connectivity index (χ2v) is 11.0. The predicted octanol–water partition coefficient (Wildman–Crippen LogP) is 11.8. The number of furan rings is 1. The number of hydrogen-bond donors (Lipinski definition) is 0. The molecule has 2 heterocycles. The highest BCUT2D eigenvalue weighted by Gasteiger charge is 2.18. The molecule has 0 saturated heterocycles. The summed E-state index contributed by atoms with van der Waals surface area (Å²) in [5.41, 5.74) is 2.01. The Kier molecular flexibility index (Phi) is 4.48. The Hall–Kier alpha value is -6.65. The van der Waals surface area contributed by atoms with E-state index in [4.69, 9.17) is 35.8 Å². The van der Waals surface area contributed by atoms with E-state index in [9.17, 15) is 1.37 Å². The maximum atomic E-state index is 9.17. The van der Waals surface area contributed by atoms with E-state index in [0.29, 0.717) is 33.0 Å². The van der Waals surface area contributed by atoms with Crippen molar-refractivity contribution in [1.82, 2.24) is 15.0 Å². The summed E-state index contributed by atoms with van der Waals surface area (Å²) < 4.78 is 118. The van der Waals surface area contributed by atoms with Gasteiger partial charge in [0.15, 0.2) is 17.5 Å². The molecule has 9 aromatic rings. The number of nitrogens with zero attached hydrogens (tertiary/aromatic N) is 3. The molecule has 230 valence electrons. The van der Waals surface area contributed by atoms with Crippen LogP contribution < -0.4 is 0 Å². The summed E-state index contributed by atoms with van der Waals surface area (Å²) in [6.45, 7) is 0. The molecule has 7 aromatic carbocycles. The SMILES string of the molecule is [2H]c1cc([2H])c2oc3c([2H])c([2H])c(-c4ccccc4)cc3c2c1-c1nc(-c2ccccc2)nc(-c2ccc(-c3c([2H])c([2H])c(-c4c([2H])c([2H])c([2H])c([2H])c4[2H])c([2H])c3[2H])cc2)n1. The van der Waals surface area contributed by atoms with Crippen LogP contribution in [0.3, 0.4) is 0 Å². The fourth-order valence-corrected chi connectivity index (χ4v) is 5.60. The summed E-state index contributed by atoms with van der Waals surface area (Å²) in [4.78, 5) is 14.5. The number of benzene rings is 7. The molecule has 2 aromatic heterocycles. The largest absolute Gasteiger partial charge is 0.456 e. The zero-order valence-corrected chi connectivity index (χ0v) is 25.5. The molecule has 0 saturated carbocycles. The molecule has 4 heteroatoms. The quantitative estimate of drug-likeness (QED) is 0.181. The van der Waals surface area contributed by atoms with Gasteiger partial charge in [0.05, 0.1) is 17.8 Å². The van der Waals surface area contributed by atoms with Crippen molar-refractivity contribution in [2.24, 2.45) is 0 Å². The number of fused-ring (bicyclic) bond motifs is 3. The molecule has 9 rings (SSSR count). The maximum absolute atomic E-state index is 9.17. The molecule has 49 heavy (non-hydrogen) atoms. The molecule has 0 unspecified atom stereocenters. The Morgan fingerprint density at radius 2 is 0.918 bits per heavy atom. The van der Waals surface area contributed by atoms with Crippen LogP contribution in [0.2, 0.25) is 0 Å². The minimum absolute atomic E-state index is 0.0582. The third-order valence-corrected chi connectivity index (χ3v) is 8.00. The van der Waals surface area contributed by atoms with E-state index in [1.165, 1.54) is 6.07 Å². The van der Waals surface area contributed by atoms with Crippen molar-refractivity contribution in [3.8, 4) is 67.5 Å².